The largest absolute Gasteiger partial charge is 0.399 e. The van der Waals surface area contributed by atoms with Gasteiger partial charge in [0.05, 0.1) is 0 Å². The van der Waals surface area contributed by atoms with E-state index in [1.165, 1.54) is 0 Å². The van der Waals surface area contributed by atoms with Gasteiger partial charge < -0.3 is 11.5 Å². The first kappa shape index (κ1) is 19.2. The Labute approximate surface area is 174 Å². The van der Waals surface area contributed by atoms with Gasteiger partial charge >= 0.3 is 0 Å². The number of hydrogen-bond acceptors (Lipinski definition) is 4. The van der Waals surface area contributed by atoms with Crippen LogP contribution in [0.4, 0.5) is 11.4 Å². The molecule has 4 rings (SSSR count). The zero-order valence-electron chi connectivity index (χ0n) is 16.2. The molecule has 0 fully saturated rings. The van der Waals surface area contributed by atoms with Crippen LogP contribution >= 0.6 is 0 Å². The maximum atomic E-state index is 13.2. The highest BCUT2D eigenvalue weighted by molar-refractivity contribution is 6.17. The molecule has 4 heteroatoms. The summed E-state index contributed by atoms with van der Waals surface area (Å²) in [6.07, 6.45) is 0. The SMILES string of the molecule is Nc1ccc(-c2ccc(N)cc2C(=O)c2ccccc2)c(C(=O)c2ccccc2)c1. The third kappa shape index (κ3) is 3.71. The average Bonchev–Trinajstić information content (AvgIpc) is 2.79. The number of hydrogen-bond donors (Lipinski definition) is 2. The molecule has 0 spiro atoms. The summed E-state index contributed by atoms with van der Waals surface area (Å²) < 4.78 is 0. The lowest BCUT2D eigenvalue weighted by molar-refractivity contribution is 0.103. The van der Waals surface area contributed by atoms with E-state index in [4.69, 9.17) is 11.5 Å². The fourth-order valence-electron chi connectivity index (χ4n) is 3.46. The molecule has 0 aliphatic carbocycles. The molecule has 0 atom stereocenters. The number of nitrogens with two attached hydrogens (primary N) is 2. The van der Waals surface area contributed by atoms with Crippen LogP contribution in [0.3, 0.4) is 0 Å². The molecule has 0 amide bonds. The van der Waals surface area contributed by atoms with Gasteiger partial charge in [-0.05, 0) is 35.4 Å². The van der Waals surface area contributed by atoms with E-state index in [-0.39, 0.29) is 11.6 Å². The van der Waals surface area contributed by atoms with Crippen molar-refractivity contribution < 1.29 is 9.59 Å². The molecule has 146 valence electrons. The maximum Gasteiger partial charge on any atom is 0.193 e. The molecule has 0 radical (unpaired) electrons. The van der Waals surface area contributed by atoms with Crippen molar-refractivity contribution in [3.8, 4) is 11.1 Å². The number of carbonyl (C=O) groups is 2. The van der Waals surface area contributed by atoms with Gasteiger partial charge in [-0.3, -0.25) is 9.59 Å². The molecule has 0 bridgehead atoms. The molecule has 0 heterocycles. The highest BCUT2D eigenvalue weighted by Crippen LogP contribution is 2.32. The molecule has 4 aromatic carbocycles. The lowest BCUT2D eigenvalue weighted by Gasteiger charge is -2.15. The summed E-state index contributed by atoms with van der Waals surface area (Å²) in [4.78, 5) is 26.5. The van der Waals surface area contributed by atoms with E-state index in [1.807, 2.05) is 36.4 Å². The zero-order valence-corrected chi connectivity index (χ0v) is 16.2. The average molecular weight is 392 g/mol. The van der Waals surface area contributed by atoms with Gasteiger partial charge in [0.2, 0.25) is 0 Å². The fraction of sp³-hybridized carbons (Fsp3) is 0. The Morgan fingerprint density at radius 2 is 0.867 bits per heavy atom. The summed E-state index contributed by atoms with van der Waals surface area (Å²) in [6.45, 7) is 0. The molecule has 0 aliphatic heterocycles. The minimum absolute atomic E-state index is 0.159. The van der Waals surface area contributed by atoms with Crippen molar-refractivity contribution in [2.45, 2.75) is 0 Å². The van der Waals surface area contributed by atoms with E-state index in [2.05, 4.69) is 0 Å². The van der Waals surface area contributed by atoms with Crippen molar-refractivity contribution in [2.75, 3.05) is 11.5 Å². The Bertz CT molecular complexity index is 1130. The van der Waals surface area contributed by atoms with Gasteiger partial charge in [-0.1, -0.05) is 72.8 Å². The topological polar surface area (TPSA) is 86.2 Å². The summed E-state index contributed by atoms with van der Waals surface area (Å²) in [5, 5.41) is 0. The Hall–Kier alpha value is -4.18. The number of ketones is 2. The van der Waals surface area contributed by atoms with Gasteiger partial charge in [0.25, 0.3) is 0 Å². The number of nitrogen functional groups attached to an aromatic ring is 2. The van der Waals surface area contributed by atoms with Crippen molar-refractivity contribution in [1.82, 2.24) is 0 Å². The Balaban J connectivity index is 1.90. The maximum absolute atomic E-state index is 13.2. The van der Waals surface area contributed by atoms with Crippen molar-refractivity contribution >= 4 is 22.9 Å². The van der Waals surface area contributed by atoms with Crippen LogP contribution in [0.2, 0.25) is 0 Å². The van der Waals surface area contributed by atoms with Crippen LogP contribution < -0.4 is 11.5 Å². The number of benzene rings is 4. The van der Waals surface area contributed by atoms with Crippen LogP contribution in [0.1, 0.15) is 31.8 Å². The van der Waals surface area contributed by atoms with Gasteiger partial charge in [0, 0.05) is 33.6 Å². The van der Waals surface area contributed by atoms with E-state index < -0.39 is 0 Å². The van der Waals surface area contributed by atoms with Gasteiger partial charge in [0.15, 0.2) is 11.6 Å². The zero-order chi connectivity index (χ0) is 21.1. The summed E-state index contributed by atoms with van der Waals surface area (Å²) >= 11 is 0. The lowest BCUT2D eigenvalue weighted by Crippen LogP contribution is -2.08. The molecule has 4 aromatic rings. The second kappa shape index (κ2) is 8.05. The van der Waals surface area contributed by atoms with Gasteiger partial charge in [-0.15, -0.1) is 0 Å². The molecule has 0 aromatic heterocycles. The van der Waals surface area contributed by atoms with Crippen molar-refractivity contribution in [1.29, 1.82) is 0 Å². The van der Waals surface area contributed by atoms with Crippen molar-refractivity contribution in [3.63, 3.8) is 0 Å². The lowest BCUT2D eigenvalue weighted by atomic mass is 9.88. The number of carbonyl (C=O) groups excluding carboxylic acids is 2. The Kier molecular flexibility index (Phi) is 5.14. The predicted octanol–water partition coefficient (Wildman–Crippen LogP) is 4.98. The van der Waals surface area contributed by atoms with Crippen LogP contribution in [0.5, 0.6) is 0 Å². The summed E-state index contributed by atoms with van der Waals surface area (Å²) in [7, 11) is 0. The monoisotopic (exact) mass is 392 g/mol. The standard InChI is InChI=1S/C26H20N2O2/c27-19-11-13-21(23(15-19)25(29)17-7-3-1-4-8-17)22-14-12-20(28)16-24(22)26(30)18-9-5-2-6-10-18/h1-16H,27-28H2. The third-order valence-electron chi connectivity index (χ3n) is 4.94. The van der Waals surface area contributed by atoms with Crippen molar-refractivity contribution in [3.05, 3.63) is 119 Å². The van der Waals surface area contributed by atoms with E-state index in [1.54, 1.807) is 60.7 Å². The summed E-state index contributed by atoms with van der Waals surface area (Å²) in [6, 6.07) is 28.3. The Morgan fingerprint density at radius 3 is 1.23 bits per heavy atom. The van der Waals surface area contributed by atoms with Gasteiger partial charge in [-0.25, -0.2) is 0 Å². The molecular weight excluding hydrogens is 372 g/mol. The summed E-state index contributed by atoms with van der Waals surface area (Å²) in [5.41, 5.74) is 16.2. The smallest absolute Gasteiger partial charge is 0.193 e. The molecular formula is C26H20N2O2. The van der Waals surface area contributed by atoms with Gasteiger partial charge in [0.1, 0.15) is 0 Å². The van der Waals surface area contributed by atoms with E-state index in [0.717, 1.165) is 0 Å². The second-order valence-corrected chi connectivity index (χ2v) is 7.00. The number of rotatable bonds is 5. The highest BCUT2D eigenvalue weighted by Gasteiger charge is 2.21. The normalized spacial score (nSPS) is 10.5. The van der Waals surface area contributed by atoms with Crippen LogP contribution in [0, 0.1) is 0 Å². The van der Waals surface area contributed by atoms with Gasteiger partial charge in [-0.2, -0.15) is 0 Å². The third-order valence-corrected chi connectivity index (χ3v) is 4.94. The molecule has 0 saturated heterocycles. The Morgan fingerprint density at radius 1 is 0.500 bits per heavy atom. The molecule has 4 nitrogen and oxygen atoms in total. The fourth-order valence-corrected chi connectivity index (χ4v) is 3.46. The van der Waals surface area contributed by atoms with E-state index >= 15 is 0 Å². The second-order valence-electron chi connectivity index (χ2n) is 7.00. The first-order valence-electron chi connectivity index (χ1n) is 9.53. The minimum Gasteiger partial charge on any atom is -0.399 e. The quantitative estimate of drug-likeness (QED) is 0.370. The first-order valence-corrected chi connectivity index (χ1v) is 9.53. The molecule has 0 aliphatic rings. The molecule has 4 N–H and O–H groups in total. The highest BCUT2D eigenvalue weighted by atomic mass is 16.1. The van der Waals surface area contributed by atoms with Crippen LogP contribution in [-0.4, -0.2) is 11.6 Å². The van der Waals surface area contributed by atoms with Crippen LogP contribution in [0.25, 0.3) is 11.1 Å². The number of anilines is 2. The molecule has 30 heavy (non-hydrogen) atoms. The van der Waals surface area contributed by atoms with E-state index in [9.17, 15) is 9.59 Å². The van der Waals surface area contributed by atoms with Crippen LogP contribution in [0.15, 0.2) is 97.1 Å². The van der Waals surface area contributed by atoms with Crippen LogP contribution in [-0.2, 0) is 0 Å². The molecule has 0 unspecified atom stereocenters. The first-order chi connectivity index (χ1) is 14.5. The van der Waals surface area contributed by atoms with Crippen molar-refractivity contribution in [2.24, 2.45) is 0 Å². The minimum atomic E-state index is -0.159. The summed E-state index contributed by atoms with van der Waals surface area (Å²) in [5.74, 6) is -0.319. The molecule has 0 saturated carbocycles. The van der Waals surface area contributed by atoms with E-state index in [0.29, 0.717) is 44.8 Å². The predicted molar refractivity (Wildman–Crippen MR) is 120 cm³/mol.